The Hall–Kier alpha value is -2.34. The van der Waals surface area contributed by atoms with Crippen LogP contribution in [0, 0.1) is 13.8 Å². The fraction of sp³-hybridized carbons (Fsp3) is 0.294. The molecule has 1 aromatic carbocycles. The first-order valence-electron chi connectivity index (χ1n) is 7.25. The molecule has 2 rings (SSSR count). The van der Waals surface area contributed by atoms with Crippen molar-refractivity contribution in [3.8, 4) is 5.75 Å². The van der Waals surface area contributed by atoms with E-state index in [0.29, 0.717) is 18.7 Å². The Labute approximate surface area is 139 Å². The molecule has 0 bridgehead atoms. The lowest BCUT2D eigenvalue weighted by atomic mass is 10.2. The van der Waals surface area contributed by atoms with Crippen LogP contribution in [0.5, 0.6) is 5.75 Å². The number of nitrogens with one attached hydrogen (secondary N) is 1. The average Bonchev–Trinajstić information content (AvgIpc) is 2.89. The van der Waals surface area contributed by atoms with Crippen molar-refractivity contribution in [3.63, 3.8) is 0 Å². The quantitative estimate of drug-likeness (QED) is 0.625. The van der Waals surface area contributed by atoms with E-state index in [-0.39, 0.29) is 12.5 Å². The minimum absolute atomic E-state index is 0.293. The molecular weight excluding hydrogens is 314 g/mol. The van der Waals surface area contributed by atoms with Gasteiger partial charge in [-0.25, -0.2) is 4.79 Å². The third-order valence-electron chi connectivity index (χ3n) is 3.03. The van der Waals surface area contributed by atoms with Crippen LogP contribution in [0.15, 0.2) is 36.4 Å². The van der Waals surface area contributed by atoms with Crippen molar-refractivity contribution in [3.05, 3.63) is 51.7 Å². The zero-order valence-electron chi connectivity index (χ0n) is 13.1. The Morgan fingerprint density at radius 2 is 1.91 bits per heavy atom. The van der Waals surface area contributed by atoms with Gasteiger partial charge in [0.05, 0.1) is 12.1 Å². The molecule has 0 aliphatic rings. The van der Waals surface area contributed by atoms with Crippen molar-refractivity contribution in [2.24, 2.45) is 0 Å². The predicted molar refractivity (Wildman–Crippen MR) is 89.0 cm³/mol. The minimum Gasteiger partial charge on any atom is -0.492 e. The van der Waals surface area contributed by atoms with E-state index in [0.717, 1.165) is 15.5 Å². The highest BCUT2D eigenvalue weighted by atomic mass is 32.1. The van der Waals surface area contributed by atoms with Crippen LogP contribution >= 0.6 is 11.3 Å². The second-order valence-corrected chi connectivity index (χ2v) is 6.37. The van der Waals surface area contributed by atoms with Gasteiger partial charge in [-0.2, -0.15) is 0 Å². The van der Waals surface area contributed by atoms with Crippen molar-refractivity contribution >= 4 is 23.2 Å². The molecule has 6 heteroatoms. The largest absolute Gasteiger partial charge is 0.492 e. The summed E-state index contributed by atoms with van der Waals surface area (Å²) in [5, 5.41) is 2.64. The van der Waals surface area contributed by atoms with Crippen molar-refractivity contribution in [2.45, 2.75) is 13.8 Å². The van der Waals surface area contributed by atoms with Gasteiger partial charge in [0.25, 0.3) is 5.91 Å². The van der Waals surface area contributed by atoms with Gasteiger partial charge in [-0.3, -0.25) is 4.79 Å². The number of thiophene rings is 1. The summed E-state index contributed by atoms with van der Waals surface area (Å²) in [5.74, 6) is -0.0707. The molecule has 1 heterocycles. The summed E-state index contributed by atoms with van der Waals surface area (Å²) >= 11 is 1.53. The van der Waals surface area contributed by atoms with Crippen LogP contribution in [0.1, 0.15) is 20.1 Å². The van der Waals surface area contributed by atoms with Crippen LogP contribution < -0.4 is 10.1 Å². The van der Waals surface area contributed by atoms with Gasteiger partial charge >= 0.3 is 5.97 Å². The van der Waals surface area contributed by atoms with E-state index in [9.17, 15) is 9.59 Å². The third kappa shape index (κ3) is 5.41. The average molecular weight is 333 g/mol. The van der Waals surface area contributed by atoms with Crippen LogP contribution in [-0.4, -0.2) is 31.6 Å². The van der Waals surface area contributed by atoms with E-state index in [2.05, 4.69) is 5.32 Å². The molecular formula is C17H19NO4S. The van der Waals surface area contributed by atoms with Crippen LogP contribution in [0.3, 0.4) is 0 Å². The van der Waals surface area contributed by atoms with Gasteiger partial charge in [-0.1, -0.05) is 18.2 Å². The summed E-state index contributed by atoms with van der Waals surface area (Å²) in [6.07, 6.45) is 0. The second kappa shape index (κ2) is 8.33. The lowest BCUT2D eigenvalue weighted by Gasteiger charge is -2.08. The molecule has 0 radical (unpaired) electrons. The maximum Gasteiger partial charge on any atom is 0.339 e. The van der Waals surface area contributed by atoms with Crippen LogP contribution in [0.4, 0.5) is 0 Å². The van der Waals surface area contributed by atoms with E-state index < -0.39 is 5.97 Å². The first-order valence-corrected chi connectivity index (χ1v) is 8.06. The number of hydrogen-bond acceptors (Lipinski definition) is 5. The minimum atomic E-state index is -0.470. The molecule has 1 amide bonds. The lowest BCUT2D eigenvalue weighted by Crippen LogP contribution is -2.32. The molecule has 0 atom stereocenters. The van der Waals surface area contributed by atoms with Gasteiger partial charge in [-0.15, -0.1) is 11.3 Å². The molecule has 0 unspecified atom stereocenters. The topological polar surface area (TPSA) is 64.6 Å². The number of aryl methyl sites for hydroxylation is 2. The molecule has 0 saturated carbocycles. The number of para-hydroxylation sites is 1. The number of carbonyl (C=O) groups is 2. The van der Waals surface area contributed by atoms with Crippen molar-refractivity contribution in [2.75, 3.05) is 19.8 Å². The summed E-state index contributed by atoms with van der Waals surface area (Å²) in [6.45, 7) is 4.19. The SMILES string of the molecule is Cc1cc(C(=O)OCC(=O)NCCOc2ccccc2)c(C)s1. The molecule has 1 N–H and O–H groups in total. The molecule has 2 aromatic rings. The summed E-state index contributed by atoms with van der Waals surface area (Å²) < 4.78 is 10.5. The van der Waals surface area contributed by atoms with Gasteiger partial charge in [0.15, 0.2) is 6.61 Å². The summed E-state index contributed by atoms with van der Waals surface area (Å²) in [6, 6.07) is 11.1. The molecule has 122 valence electrons. The number of esters is 1. The van der Waals surface area contributed by atoms with Crippen LogP contribution in [0.25, 0.3) is 0 Å². The summed E-state index contributed by atoms with van der Waals surface area (Å²) in [5.41, 5.74) is 0.521. The van der Waals surface area contributed by atoms with Crippen LogP contribution in [-0.2, 0) is 9.53 Å². The maximum atomic E-state index is 11.9. The number of rotatable bonds is 7. The first-order chi connectivity index (χ1) is 11.1. The smallest absolute Gasteiger partial charge is 0.339 e. The molecule has 5 nitrogen and oxygen atoms in total. The Bertz CT molecular complexity index is 666. The highest BCUT2D eigenvalue weighted by molar-refractivity contribution is 7.12. The Balaban J connectivity index is 1.65. The number of benzene rings is 1. The molecule has 23 heavy (non-hydrogen) atoms. The van der Waals surface area contributed by atoms with Gasteiger partial charge < -0.3 is 14.8 Å². The maximum absolute atomic E-state index is 11.9. The van der Waals surface area contributed by atoms with E-state index in [1.54, 1.807) is 6.07 Å². The molecule has 0 spiro atoms. The Morgan fingerprint density at radius 3 is 2.57 bits per heavy atom. The number of amides is 1. The predicted octanol–water partition coefficient (Wildman–Crippen LogP) is 2.72. The number of hydrogen-bond donors (Lipinski definition) is 1. The third-order valence-corrected chi connectivity index (χ3v) is 4.00. The first kappa shape index (κ1) is 17.0. The molecule has 0 saturated heterocycles. The van der Waals surface area contributed by atoms with Crippen molar-refractivity contribution in [1.29, 1.82) is 0 Å². The number of carbonyl (C=O) groups excluding carboxylic acids is 2. The zero-order valence-corrected chi connectivity index (χ0v) is 13.9. The highest BCUT2D eigenvalue weighted by Gasteiger charge is 2.14. The summed E-state index contributed by atoms with van der Waals surface area (Å²) in [4.78, 5) is 25.4. The normalized spacial score (nSPS) is 10.2. The van der Waals surface area contributed by atoms with Gasteiger partial charge in [0, 0.05) is 9.75 Å². The molecule has 1 aromatic heterocycles. The fourth-order valence-electron chi connectivity index (χ4n) is 1.97. The van der Waals surface area contributed by atoms with Gasteiger partial charge in [-0.05, 0) is 32.0 Å². The molecule has 0 aliphatic carbocycles. The highest BCUT2D eigenvalue weighted by Crippen LogP contribution is 2.21. The van der Waals surface area contributed by atoms with Gasteiger partial charge in [0.2, 0.25) is 0 Å². The zero-order chi connectivity index (χ0) is 16.7. The van der Waals surface area contributed by atoms with Crippen molar-refractivity contribution < 1.29 is 19.1 Å². The molecule has 0 fully saturated rings. The lowest BCUT2D eigenvalue weighted by molar-refractivity contribution is -0.124. The monoisotopic (exact) mass is 333 g/mol. The van der Waals surface area contributed by atoms with E-state index in [1.165, 1.54) is 11.3 Å². The van der Waals surface area contributed by atoms with E-state index in [1.807, 2.05) is 44.2 Å². The molecule has 0 aliphatic heterocycles. The summed E-state index contributed by atoms with van der Waals surface area (Å²) in [7, 11) is 0. The standard InChI is InChI=1S/C17H19NO4S/c1-12-10-15(13(2)23-12)17(20)22-11-16(19)18-8-9-21-14-6-4-3-5-7-14/h3-7,10H,8-9,11H2,1-2H3,(H,18,19). The number of ether oxygens (including phenoxy) is 2. The Morgan fingerprint density at radius 1 is 1.17 bits per heavy atom. The van der Waals surface area contributed by atoms with E-state index in [4.69, 9.17) is 9.47 Å². The fourth-order valence-corrected chi connectivity index (χ4v) is 2.88. The Kier molecular flexibility index (Phi) is 6.17. The van der Waals surface area contributed by atoms with E-state index >= 15 is 0 Å². The second-order valence-electron chi connectivity index (χ2n) is 4.91. The van der Waals surface area contributed by atoms with Gasteiger partial charge in [0.1, 0.15) is 12.4 Å². The van der Waals surface area contributed by atoms with Crippen molar-refractivity contribution in [1.82, 2.24) is 5.32 Å². The van der Waals surface area contributed by atoms with Crippen LogP contribution in [0.2, 0.25) is 0 Å².